The molecule has 1 aromatic carbocycles. The Morgan fingerprint density at radius 1 is 1.40 bits per heavy atom. The van der Waals surface area contributed by atoms with Crippen LogP contribution in [0.1, 0.15) is 0 Å². The fourth-order valence-corrected chi connectivity index (χ4v) is 4.22. The van der Waals surface area contributed by atoms with Crippen LogP contribution in [0.2, 0.25) is 5.02 Å². The second-order valence-corrected chi connectivity index (χ2v) is 8.56. The molecular formula is C15H14BrClFN3O3S. The van der Waals surface area contributed by atoms with E-state index in [2.05, 4.69) is 25.9 Å². The molecule has 6 nitrogen and oxygen atoms in total. The molecule has 3 heterocycles. The molecule has 2 aliphatic rings. The van der Waals surface area contributed by atoms with Gasteiger partial charge in [0.05, 0.1) is 33.9 Å². The van der Waals surface area contributed by atoms with Gasteiger partial charge >= 0.3 is 0 Å². The zero-order valence-electron chi connectivity index (χ0n) is 13.4. The number of rotatable bonds is 1. The third-order valence-corrected chi connectivity index (χ3v) is 6.46. The van der Waals surface area contributed by atoms with E-state index in [0.717, 1.165) is 0 Å². The number of ether oxygens (including phenoxy) is 2. The van der Waals surface area contributed by atoms with Crippen molar-refractivity contribution in [1.82, 2.24) is 9.97 Å². The van der Waals surface area contributed by atoms with Gasteiger partial charge in [-0.15, -0.1) is 0 Å². The highest BCUT2D eigenvalue weighted by Crippen LogP contribution is 2.46. The monoisotopic (exact) mass is 449 g/mol. The molecule has 0 spiro atoms. The summed E-state index contributed by atoms with van der Waals surface area (Å²) in [6.45, 7) is 1.62. The Morgan fingerprint density at radius 2 is 2.16 bits per heavy atom. The highest BCUT2D eigenvalue weighted by atomic mass is 79.9. The summed E-state index contributed by atoms with van der Waals surface area (Å²) in [7, 11) is 0.391. The van der Waals surface area contributed by atoms with E-state index in [-0.39, 0.29) is 32.2 Å². The standard InChI is InChI=1S/C15H14BrClFN3O3S/c1-21-3-6-4-23-5-7(6)24-13-8-12(11(18)9(16)10(13)17)19-15(25(2)22)20-14(8)21/h6-7H,3-5H2,1-2H3. The molecule has 10 heteroatoms. The molecule has 0 bridgehead atoms. The fourth-order valence-electron chi connectivity index (χ4n) is 3.19. The maximum Gasteiger partial charge on any atom is 0.220 e. The first-order valence-electron chi connectivity index (χ1n) is 7.55. The highest BCUT2D eigenvalue weighted by molar-refractivity contribution is 9.10. The number of hydrogen-bond acceptors (Lipinski definition) is 6. The van der Waals surface area contributed by atoms with Gasteiger partial charge in [-0.1, -0.05) is 11.6 Å². The van der Waals surface area contributed by atoms with Crippen molar-refractivity contribution in [2.24, 2.45) is 5.92 Å². The summed E-state index contributed by atoms with van der Waals surface area (Å²) < 4.78 is 38.5. The van der Waals surface area contributed by atoms with E-state index in [1.807, 2.05) is 11.9 Å². The van der Waals surface area contributed by atoms with E-state index < -0.39 is 16.6 Å². The van der Waals surface area contributed by atoms with Gasteiger partial charge in [0.15, 0.2) is 11.6 Å². The van der Waals surface area contributed by atoms with Crippen molar-refractivity contribution < 1.29 is 18.1 Å². The van der Waals surface area contributed by atoms with E-state index in [1.54, 1.807) is 0 Å². The van der Waals surface area contributed by atoms with E-state index >= 15 is 0 Å². The van der Waals surface area contributed by atoms with Crippen LogP contribution >= 0.6 is 27.5 Å². The van der Waals surface area contributed by atoms with Gasteiger partial charge in [-0.05, 0) is 15.9 Å². The van der Waals surface area contributed by atoms with Crippen LogP contribution in [0.25, 0.3) is 10.9 Å². The van der Waals surface area contributed by atoms with Crippen molar-refractivity contribution in [1.29, 1.82) is 0 Å². The van der Waals surface area contributed by atoms with E-state index in [9.17, 15) is 8.60 Å². The molecule has 25 heavy (non-hydrogen) atoms. The zero-order valence-corrected chi connectivity index (χ0v) is 16.5. The number of benzene rings is 1. The van der Waals surface area contributed by atoms with Crippen molar-refractivity contribution in [3.8, 4) is 5.75 Å². The Balaban J connectivity index is 2.09. The zero-order chi connectivity index (χ0) is 17.9. The number of halogens is 3. The molecule has 134 valence electrons. The summed E-state index contributed by atoms with van der Waals surface area (Å²) in [6.07, 6.45) is 1.27. The quantitative estimate of drug-likeness (QED) is 0.492. The van der Waals surface area contributed by atoms with Crippen molar-refractivity contribution in [3.63, 3.8) is 0 Å². The van der Waals surface area contributed by atoms with Gasteiger partial charge in [-0.2, -0.15) is 0 Å². The van der Waals surface area contributed by atoms with Crippen molar-refractivity contribution in [2.45, 2.75) is 11.3 Å². The largest absolute Gasteiger partial charge is 0.485 e. The van der Waals surface area contributed by atoms with Crippen molar-refractivity contribution in [2.75, 3.05) is 38.0 Å². The Hall–Kier alpha value is -1.03. The summed E-state index contributed by atoms with van der Waals surface area (Å²) in [6, 6.07) is 0. The molecule has 2 aromatic rings. The molecule has 3 atom stereocenters. The molecule has 3 unspecified atom stereocenters. The number of fused-ring (bicyclic) bond motifs is 1. The van der Waals surface area contributed by atoms with Gasteiger partial charge in [0.1, 0.15) is 22.5 Å². The summed E-state index contributed by atoms with van der Waals surface area (Å²) in [5, 5.41) is 0.571. The van der Waals surface area contributed by atoms with Gasteiger partial charge in [-0.25, -0.2) is 14.4 Å². The van der Waals surface area contributed by atoms with E-state index in [1.165, 1.54) is 6.26 Å². The molecule has 2 aliphatic heterocycles. The lowest BCUT2D eigenvalue weighted by Gasteiger charge is -2.31. The molecule has 0 aliphatic carbocycles. The molecule has 0 N–H and O–H groups in total. The lowest BCUT2D eigenvalue weighted by atomic mass is 10.0. The maximum absolute atomic E-state index is 14.8. The fraction of sp³-hybridized carbons (Fsp3) is 0.467. The third-order valence-electron chi connectivity index (χ3n) is 4.43. The van der Waals surface area contributed by atoms with Crippen LogP contribution in [0.15, 0.2) is 9.63 Å². The Bertz CT molecular complexity index is 916. The maximum atomic E-state index is 14.8. The second-order valence-electron chi connectivity index (χ2n) is 6.11. The van der Waals surface area contributed by atoms with Crippen LogP contribution in [0.3, 0.4) is 0 Å². The van der Waals surface area contributed by atoms with Crippen LogP contribution in [0, 0.1) is 11.7 Å². The molecule has 1 aromatic heterocycles. The normalized spacial score (nSPS) is 23.8. The summed E-state index contributed by atoms with van der Waals surface area (Å²) in [4.78, 5) is 10.4. The van der Waals surface area contributed by atoms with Crippen molar-refractivity contribution >= 4 is 55.1 Å². The van der Waals surface area contributed by atoms with Crippen LogP contribution in [-0.4, -0.2) is 53.3 Å². The van der Waals surface area contributed by atoms with Gasteiger partial charge in [0.2, 0.25) is 5.16 Å². The minimum absolute atomic E-state index is 0.0330. The van der Waals surface area contributed by atoms with Crippen LogP contribution in [-0.2, 0) is 15.5 Å². The predicted molar refractivity (Wildman–Crippen MR) is 96.5 cm³/mol. The Kier molecular flexibility index (Phi) is 4.38. The number of nitrogens with zero attached hydrogens (tertiary/aromatic N) is 3. The minimum atomic E-state index is -1.46. The lowest BCUT2D eigenvalue weighted by Crippen LogP contribution is -2.37. The smallest absolute Gasteiger partial charge is 0.220 e. The first-order chi connectivity index (χ1) is 11.9. The highest BCUT2D eigenvalue weighted by Gasteiger charge is 2.37. The summed E-state index contributed by atoms with van der Waals surface area (Å²) in [5.74, 6) is 0.263. The number of hydrogen-bond donors (Lipinski definition) is 0. The third kappa shape index (κ3) is 2.72. The van der Waals surface area contributed by atoms with Gasteiger partial charge in [-0.3, -0.25) is 4.21 Å². The Morgan fingerprint density at radius 3 is 2.88 bits per heavy atom. The average Bonchev–Trinajstić information content (AvgIpc) is 3.00. The SMILES string of the molecule is CN1CC2COCC2Oc2c(Cl)c(Br)c(F)c3nc(S(C)=O)nc1c23. The first-order valence-corrected chi connectivity index (χ1v) is 10.3. The molecule has 0 radical (unpaired) electrons. The average molecular weight is 451 g/mol. The van der Waals surface area contributed by atoms with E-state index in [0.29, 0.717) is 36.7 Å². The van der Waals surface area contributed by atoms with Crippen LogP contribution < -0.4 is 9.64 Å². The molecule has 0 amide bonds. The van der Waals surface area contributed by atoms with Crippen LogP contribution in [0.4, 0.5) is 10.2 Å². The predicted octanol–water partition coefficient (Wildman–Crippen LogP) is 2.77. The van der Waals surface area contributed by atoms with Gasteiger partial charge < -0.3 is 14.4 Å². The van der Waals surface area contributed by atoms with E-state index in [4.69, 9.17) is 21.1 Å². The van der Waals surface area contributed by atoms with Crippen molar-refractivity contribution in [3.05, 3.63) is 15.3 Å². The second kappa shape index (κ2) is 6.29. The molecule has 0 saturated carbocycles. The lowest BCUT2D eigenvalue weighted by molar-refractivity contribution is 0.138. The van der Waals surface area contributed by atoms with Crippen LogP contribution in [0.5, 0.6) is 5.75 Å². The Labute approximate surface area is 159 Å². The minimum Gasteiger partial charge on any atom is -0.485 e. The van der Waals surface area contributed by atoms with Gasteiger partial charge in [0.25, 0.3) is 0 Å². The first kappa shape index (κ1) is 17.4. The molecule has 4 rings (SSSR count). The van der Waals surface area contributed by atoms with Gasteiger partial charge in [0, 0.05) is 25.8 Å². The topological polar surface area (TPSA) is 64.6 Å². The number of anilines is 1. The molecular weight excluding hydrogens is 437 g/mol. The summed E-state index contributed by atoms with van der Waals surface area (Å²) >= 11 is 9.53. The molecule has 1 saturated heterocycles. The molecule has 1 fully saturated rings. The number of aromatic nitrogens is 2. The summed E-state index contributed by atoms with van der Waals surface area (Å²) in [5.41, 5.74) is 0.0330.